The summed E-state index contributed by atoms with van der Waals surface area (Å²) < 4.78 is 0. The molecule has 0 unspecified atom stereocenters. The maximum atomic E-state index is 10.1. The Morgan fingerprint density at radius 1 is 1.18 bits per heavy atom. The van der Waals surface area contributed by atoms with Crippen LogP contribution < -0.4 is 17.7 Å². The van der Waals surface area contributed by atoms with E-state index in [1.807, 2.05) is 0 Å². The number of halogens is 1. The molecule has 64 valence electrons. The zero-order chi connectivity index (χ0) is 7.78. The first-order valence-electron chi connectivity index (χ1n) is 2.70. The van der Waals surface area contributed by atoms with Crippen LogP contribution in [0.4, 0.5) is 0 Å². The van der Waals surface area contributed by atoms with Crippen LogP contribution in [0.5, 0.6) is 0 Å². The zero-order valence-corrected chi connectivity index (χ0v) is 6.15. The molecule has 0 aromatic heterocycles. The third kappa shape index (κ3) is 1.24. The minimum atomic E-state index is -1.89. The van der Waals surface area contributed by atoms with E-state index in [9.17, 15) is 20.2 Å². The van der Waals surface area contributed by atoms with E-state index in [-0.39, 0.29) is 25.5 Å². The molecule has 1 fully saturated rings. The largest absolute Gasteiger partial charge is 1.00 e. The highest BCUT2D eigenvalue weighted by Gasteiger charge is 2.67. The fourth-order valence-electron chi connectivity index (χ4n) is 0.767. The van der Waals surface area contributed by atoms with Crippen molar-refractivity contribution in [2.75, 3.05) is 13.1 Å². The summed E-state index contributed by atoms with van der Waals surface area (Å²) in [5.74, 6) is 0. The second kappa shape index (κ2) is 2.97. The smallest absolute Gasteiger partial charge is 0.551 e. The summed E-state index contributed by atoms with van der Waals surface area (Å²) in [6.07, 6.45) is 0. The van der Waals surface area contributed by atoms with E-state index >= 15 is 0 Å². The van der Waals surface area contributed by atoms with Crippen LogP contribution in [0.3, 0.4) is 0 Å². The first-order valence-corrected chi connectivity index (χ1v) is 2.70. The van der Waals surface area contributed by atoms with Crippen LogP contribution in [-0.4, -0.2) is 28.6 Å². The Morgan fingerprint density at radius 3 is 1.55 bits per heavy atom. The lowest BCUT2D eigenvalue weighted by Crippen LogP contribution is -3.05. The summed E-state index contributed by atoms with van der Waals surface area (Å²) in [6, 6.07) is 0. The molecule has 0 amide bonds. The standard InChI is InChI=1S/C3H5N3O4.ClH/c7-5(8)3(6(9)10)1-4-2-3;/h4H,1-2H2;1H. The quantitative estimate of drug-likeness (QED) is 0.263. The highest BCUT2D eigenvalue weighted by atomic mass is 35.5. The lowest BCUT2D eigenvalue weighted by Gasteiger charge is -2.20. The zero-order valence-electron chi connectivity index (χ0n) is 5.40. The highest BCUT2D eigenvalue weighted by molar-refractivity contribution is 4.68. The van der Waals surface area contributed by atoms with E-state index in [0.29, 0.717) is 0 Å². The van der Waals surface area contributed by atoms with E-state index in [0.717, 1.165) is 0 Å². The van der Waals surface area contributed by atoms with E-state index < -0.39 is 15.5 Å². The molecule has 1 rings (SSSR count). The van der Waals surface area contributed by atoms with Gasteiger partial charge in [-0.2, -0.15) is 0 Å². The van der Waals surface area contributed by atoms with Gasteiger partial charge in [0.1, 0.15) is 9.85 Å². The topological polar surface area (TPSA) is 103 Å². The number of nitrogens with zero attached hydrogens (tertiary/aromatic N) is 2. The third-order valence-corrected chi connectivity index (χ3v) is 1.62. The predicted octanol–water partition coefficient (Wildman–Crippen LogP) is -5.18. The van der Waals surface area contributed by atoms with Gasteiger partial charge >= 0.3 is 5.66 Å². The number of nitrogens with two attached hydrogens (primary N) is 1. The number of nitro groups is 2. The monoisotopic (exact) mass is 183 g/mol. The van der Waals surface area contributed by atoms with Crippen molar-refractivity contribution in [3.63, 3.8) is 0 Å². The van der Waals surface area contributed by atoms with Crippen LogP contribution in [0, 0.1) is 20.2 Å². The summed E-state index contributed by atoms with van der Waals surface area (Å²) in [4.78, 5) is 18.5. The molecule has 0 saturated carbocycles. The van der Waals surface area contributed by atoms with Gasteiger partial charge in [-0.1, -0.05) is 0 Å². The molecule has 1 aliphatic heterocycles. The van der Waals surface area contributed by atoms with Gasteiger partial charge in [0.2, 0.25) is 13.1 Å². The van der Waals surface area contributed by atoms with Crippen molar-refractivity contribution in [1.82, 2.24) is 0 Å². The Bertz CT molecular complexity index is 175. The summed E-state index contributed by atoms with van der Waals surface area (Å²) >= 11 is 0. The summed E-state index contributed by atoms with van der Waals surface area (Å²) in [5.41, 5.74) is -1.89. The third-order valence-electron chi connectivity index (χ3n) is 1.62. The van der Waals surface area contributed by atoms with Crippen LogP contribution in [0.25, 0.3) is 0 Å². The van der Waals surface area contributed by atoms with Gasteiger partial charge in [0.25, 0.3) is 0 Å². The van der Waals surface area contributed by atoms with E-state index in [1.165, 1.54) is 5.32 Å². The Kier molecular flexibility index (Phi) is 2.71. The van der Waals surface area contributed by atoms with E-state index in [2.05, 4.69) is 0 Å². The summed E-state index contributed by atoms with van der Waals surface area (Å²) in [6.45, 7) is -0.0972. The molecule has 2 N–H and O–H groups in total. The number of hydrogen-bond donors (Lipinski definition) is 1. The first-order chi connectivity index (χ1) is 4.59. The Labute approximate surface area is 67.5 Å². The summed E-state index contributed by atoms with van der Waals surface area (Å²) in [5, 5.41) is 21.7. The van der Waals surface area contributed by atoms with Crippen LogP contribution in [-0.2, 0) is 0 Å². The second-order valence-corrected chi connectivity index (χ2v) is 2.19. The van der Waals surface area contributed by atoms with Crippen molar-refractivity contribution in [3.05, 3.63) is 20.2 Å². The van der Waals surface area contributed by atoms with Gasteiger partial charge in [0.05, 0.1) is 0 Å². The molecule has 0 atom stereocenters. The molecule has 0 radical (unpaired) electrons. The minimum Gasteiger partial charge on any atom is -1.00 e. The molecule has 1 saturated heterocycles. The molecule has 8 heteroatoms. The van der Waals surface area contributed by atoms with Gasteiger partial charge in [0.15, 0.2) is 0 Å². The molecule has 0 spiro atoms. The maximum absolute atomic E-state index is 10.1. The van der Waals surface area contributed by atoms with Crippen molar-refractivity contribution >= 4 is 0 Å². The molecule has 11 heavy (non-hydrogen) atoms. The highest BCUT2D eigenvalue weighted by Crippen LogP contribution is 2.09. The lowest BCUT2D eigenvalue weighted by atomic mass is 10.1. The van der Waals surface area contributed by atoms with Crippen molar-refractivity contribution < 1.29 is 27.6 Å². The molecule has 0 aromatic rings. The van der Waals surface area contributed by atoms with Crippen molar-refractivity contribution in [2.45, 2.75) is 5.66 Å². The van der Waals surface area contributed by atoms with Crippen molar-refractivity contribution in [2.24, 2.45) is 0 Å². The molecule has 0 aliphatic carbocycles. The molecule has 7 nitrogen and oxygen atoms in total. The SMILES string of the molecule is O=[N+]([O-])C1([N+](=O)[O-])C[NH2+]C1.[Cl-]. The minimum absolute atomic E-state index is 0. The summed E-state index contributed by atoms with van der Waals surface area (Å²) in [7, 11) is 0. The van der Waals surface area contributed by atoms with E-state index in [4.69, 9.17) is 0 Å². The Morgan fingerprint density at radius 2 is 1.55 bits per heavy atom. The molecule has 1 heterocycles. The van der Waals surface area contributed by atoms with Crippen LogP contribution in [0.1, 0.15) is 0 Å². The first kappa shape index (κ1) is 10.0. The van der Waals surface area contributed by atoms with Gasteiger partial charge in [-0.3, -0.25) is 20.2 Å². The van der Waals surface area contributed by atoms with Gasteiger partial charge < -0.3 is 17.7 Å². The van der Waals surface area contributed by atoms with Gasteiger partial charge in [0, 0.05) is 0 Å². The van der Waals surface area contributed by atoms with Gasteiger partial charge in [-0.05, 0) is 0 Å². The fourth-order valence-corrected chi connectivity index (χ4v) is 0.767. The average molecular weight is 184 g/mol. The van der Waals surface area contributed by atoms with Crippen LogP contribution >= 0.6 is 0 Å². The van der Waals surface area contributed by atoms with E-state index in [1.54, 1.807) is 0 Å². The van der Waals surface area contributed by atoms with Crippen LogP contribution in [0.15, 0.2) is 0 Å². The van der Waals surface area contributed by atoms with Crippen molar-refractivity contribution in [3.8, 4) is 0 Å². The molecular weight excluding hydrogens is 178 g/mol. The average Bonchev–Trinajstić information content (AvgIpc) is 1.57. The maximum Gasteiger partial charge on any atom is 0.551 e. The molecule has 0 bridgehead atoms. The van der Waals surface area contributed by atoms with Crippen molar-refractivity contribution in [1.29, 1.82) is 0 Å². The van der Waals surface area contributed by atoms with Gasteiger partial charge in [-0.15, -0.1) is 0 Å². The number of rotatable bonds is 2. The second-order valence-electron chi connectivity index (χ2n) is 2.19. The molecular formula is C3H6ClN3O4. The number of hydrogen-bond acceptors (Lipinski definition) is 4. The Balaban J connectivity index is 0.000001000. The van der Waals surface area contributed by atoms with Crippen LogP contribution in [0.2, 0.25) is 0 Å². The van der Waals surface area contributed by atoms with Gasteiger partial charge in [-0.25, -0.2) is 0 Å². The normalized spacial score (nSPS) is 19.3. The molecule has 0 aromatic carbocycles. The predicted molar refractivity (Wildman–Crippen MR) is 28.4 cm³/mol. The Hall–Kier alpha value is -0.950. The molecule has 1 aliphatic rings. The fraction of sp³-hybridized carbons (Fsp3) is 1.00. The lowest BCUT2D eigenvalue weighted by molar-refractivity contribution is -0.932. The number of quaternary nitrogens is 1.